The van der Waals surface area contributed by atoms with Crippen molar-refractivity contribution < 1.29 is 14.4 Å². The lowest BCUT2D eigenvalue weighted by Crippen LogP contribution is -2.25. The number of benzene rings is 3. The first-order chi connectivity index (χ1) is 15.1. The summed E-state index contributed by atoms with van der Waals surface area (Å²) in [6.07, 6.45) is 1.92. The zero-order valence-corrected chi connectivity index (χ0v) is 16.9. The van der Waals surface area contributed by atoms with E-state index in [1.165, 1.54) is 0 Å². The predicted molar refractivity (Wildman–Crippen MR) is 120 cm³/mol. The fourth-order valence-corrected chi connectivity index (χ4v) is 3.15. The Labute approximate surface area is 180 Å². The number of rotatable bonds is 7. The minimum atomic E-state index is -0.282. The highest BCUT2D eigenvalue weighted by atomic mass is 16.2. The SMILES string of the molecule is O=C(Nc1ccccc1C(=O)NCc1ccc(NC(=O)C2CC2)cc1)c1ccccc1. The zero-order chi connectivity index (χ0) is 21.6. The van der Waals surface area contributed by atoms with Crippen LogP contribution >= 0.6 is 0 Å². The molecule has 3 amide bonds. The molecule has 0 unspecified atom stereocenters. The van der Waals surface area contributed by atoms with Crippen LogP contribution in [0.2, 0.25) is 0 Å². The van der Waals surface area contributed by atoms with E-state index in [-0.39, 0.29) is 23.6 Å². The molecule has 3 aromatic rings. The highest BCUT2D eigenvalue weighted by Gasteiger charge is 2.29. The van der Waals surface area contributed by atoms with Gasteiger partial charge in [0.05, 0.1) is 11.3 Å². The van der Waals surface area contributed by atoms with E-state index in [2.05, 4.69) is 16.0 Å². The standard InChI is InChI=1S/C25H23N3O3/c29-23(19-12-13-19)27-20-14-10-17(11-15-20)16-26-25(31)21-8-4-5-9-22(21)28-24(30)18-6-2-1-3-7-18/h1-11,14-15,19H,12-13,16H2,(H,26,31)(H,27,29)(H,28,30). The fourth-order valence-electron chi connectivity index (χ4n) is 3.15. The molecule has 3 aromatic carbocycles. The van der Waals surface area contributed by atoms with Gasteiger partial charge in [-0.3, -0.25) is 14.4 Å². The van der Waals surface area contributed by atoms with Crippen molar-refractivity contribution in [3.05, 3.63) is 95.6 Å². The summed E-state index contributed by atoms with van der Waals surface area (Å²) in [4.78, 5) is 37.0. The van der Waals surface area contributed by atoms with E-state index in [9.17, 15) is 14.4 Å². The molecule has 0 heterocycles. The van der Waals surface area contributed by atoms with Crippen LogP contribution in [0, 0.1) is 5.92 Å². The lowest BCUT2D eigenvalue weighted by atomic mass is 10.1. The van der Waals surface area contributed by atoms with E-state index in [1.54, 1.807) is 48.5 Å². The molecule has 6 heteroatoms. The summed E-state index contributed by atoms with van der Waals surface area (Å²) in [5.41, 5.74) is 3.02. The molecule has 6 nitrogen and oxygen atoms in total. The normalized spacial score (nSPS) is 12.6. The predicted octanol–water partition coefficient (Wildman–Crippen LogP) is 4.22. The minimum absolute atomic E-state index is 0.0650. The Hall–Kier alpha value is -3.93. The summed E-state index contributed by atoms with van der Waals surface area (Å²) in [6.45, 7) is 0.330. The number of hydrogen-bond donors (Lipinski definition) is 3. The van der Waals surface area contributed by atoms with Crippen molar-refractivity contribution in [3.63, 3.8) is 0 Å². The molecule has 156 valence electrons. The van der Waals surface area contributed by atoms with E-state index in [1.807, 2.05) is 30.3 Å². The maximum atomic E-state index is 12.7. The smallest absolute Gasteiger partial charge is 0.255 e. The van der Waals surface area contributed by atoms with Gasteiger partial charge in [0.25, 0.3) is 11.8 Å². The van der Waals surface area contributed by atoms with Crippen LogP contribution < -0.4 is 16.0 Å². The third-order valence-corrected chi connectivity index (χ3v) is 5.08. The van der Waals surface area contributed by atoms with Gasteiger partial charge < -0.3 is 16.0 Å². The van der Waals surface area contributed by atoms with Crippen LogP contribution in [0.15, 0.2) is 78.9 Å². The zero-order valence-electron chi connectivity index (χ0n) is 16.9. The summed E-state index contributed by atoms with van der Waals surface area (Å²) in [5.74, 6) is -0.337. The summed E-state index contributed by atoms with van der Waals surface area (Å²) >= 11 is 0. The van der Waals surface area contributed by atoms with Gasteiger partial charge in [0.2, 0.25) is 5.91 Å². The number of amides is 3. The third-order valence-electron chi connectivity index (χ3n) is 5.08. The van der Waals surface area contributed by atoms with Crippen molar-refractivity contribution in [1.29, 1.82) is 0 Å². The molecule has 1 aliphatic rings. The number of hydrogen-bond acceptors (Lipinski definition) is 3. The monoisotopic (exact) mass is 413 g/mol. The van der Waals surface area contributed by atoms with Gasteiger partial charge in [0.15, 0.2) is 0 Å². The second kappa shape index (κ2) is 9.26. The number of anilines is 2. The quantitative estimate of drug-likeness (QED) is 0.542. The molecule has 3 N–H and O–H groups in total. The Bertz CT molecular complexity index is 1090. The number of para-hydroxylation sites is 1. The Morgan fingerprint density at radius 1 is 0.742 bits per heavy atom. The average molecular weight is 413 g/mol. The van der Waals surface area contributed by atoms with E-state index >= 15 is 0 Å². The minimum Gasteiger partial charge on any atom is -0.348 e. The Morgan fingerprint density at radius 3 is 2.13 bits per heavy atom. The average Bonchev–Trinajstić information content (AvgIpc) is 3.65. The maximum Gasteiger partial charge on any atom is 0.255 e. The van der Waals surface area contributed by atoms with Gasteiger partial charge in [-0.25, -0.2) is 0 Å². The van der Waals surface area contributed by atoms with Crippen LogP contribution in [0.3, 0.4) is 0 Å². The van der Waals surface area contributed by atoms with Crippen LogP contribution in [0.1, 0.15) is 39.1 Å². The molecule has 0 radical (unpaired) electrons. The van der Waals surface area contributed by atoms with E-state index in [4.69, 9.17) is 0 Å². The second-order valence-corrected chi connectivity index (χ2v) is 7.51. The summed E-state index contributed by atoms with van der Waals surface area (Å²) in [6, 6.07) is 23.1. The van der Waals surface area contributed by atoms with Gasteiger partial charge in [-0.15, -0.1) is 0 Å². The van der Waals surface area contributed by atoms with Crippen LogP contribution in [0.5, 0.6) is 0 Å². The molecule has 0 spiro atoms. The van der Waals surface area contributed by atoms with Gasteiger partial charge in [-0.05, 0) is 54.8 Å². The van der Waals surface area contributed by atoms with Gasteiger partial charge in [0.1, 0.15) is 0 Å². The van der Waals surface area contributed by atoms with E-state index in [0.717, 1.165) is 24.1 Å². The largest absolute Gasteiger partial charge is 0.348 e. The molecule has 1 aliphatic carbocycles. The first-order valence-electron chi connectivity index (χ1n) is 10.2. The van der Waals surface area contributed by atoms with E-state index < -0.39 is 0 Å². The van der Waals surface area contributed by atoms with Crippen LogP contribution in [-0.2, 0) is 11.3 Å². The Morgan fingerprint density at radius 2 is 1.42 bits per heavy atom. The van der Waals surface area contributed by atoms with Crippen LogP contribution in [-0.4, -0.2) is 17.7 Å². The lowest BCUT2D eigenvalue weighted by molar-refractivity contribution is -0.117. The molecule has 0 saturated heterocycles. The van der Waals surface area contributed by atoms with Gasteiger partial charge in [-0.1, -0.05) is 42.5 Å². The van der Waals surface area contributed by atoms with Crippen LogP contribution in [0.25, 0.3) is 0 Å². The molecule has 31 heavy (non-hydrogen) atoms. The third kappa shape index (κ3) is 5.36. The van der Waals surface area contributed by atoms with Crippen molar-refractivity contribution in [2.75, 3.05) is 10.6 Å². The molecule has 1 saturated carbocycles. The Kier molecular flexibility index (Phi) is 6.08. The van der Waals surface area contributed by atoms with Gasteiger partial charge in [-0.2, -0.15) is 0 Å². The van der Waals surface area contributed by atoms with Gasteiger partial charge in [0, 0.05) is 23.7 Å². The molecule has 0 bridgehead atoms. The summed E-state index contributed by atoms with van der Waals surface area (Å²) in [5, 5.41) is 8.58. The van der Waals surface area contributed by atoms with Crippen molar-refractivity contribution >= 4 is 29.1 Å². The molecule has 0 atom stereocenters. The molecular formula is C25H23N3O3. The molecule has 4 rings (SSSR count). The molecule has 1 fully saturated rings. The number of carbonyl (C=O) groups is 3. The highest BCUT2D eigenvalue weighted by molar-refractivity contribution is 6.09. The number of nitrogens with one attached hydrogen (secondary N) is 3. The van der Waals surface area contributed by atoms with E-state index in [0.29, 0.717) is 23.4 Å². The molecule has 0 aromatic heterocycles. The van der Waals surface area contributed by atoms with Crippen molar-refractivity contribution in [3.8, 4) is 0 Å². The van der Waals surface area contributed by atoms with Crippen molar-refractivity contribution in [1.82, 2.24) is 5.32 Å². The topological polar surface area (TPSA) is 87.3 Å². The lowest BCUT2D eigenvalue weighted by Gasteiger charge is -2.12. The fraction of sp³-hybridized carbons (Fsp3) is 0.160. The van der Waals surface area contributed by atoms with Crippen molar-refractivity contribution in [2.24, 2.45) is 5.92 Å². The molecule has 0 aliphatic heterocycles. The van der Waals surface area contributed by atoms with Gasteiger partial charge >= 0.3 is 0 Å². The summed E-state index contributed by atoms with van der Waals surface area (Å²) < 4.78 is 0. The van der Waals surface area contributed by atoms with Crippen LogP contribution in [0.4, 0.5) is 11.4 Å². The Balaban J connectivity index is 1.36. The number of carbonyl (C=O) groups excluding carboxylic acids is 3. The molecular weight excluding hydrogens is 390 g/mol. The first-order valence-corrected chi connectivity index (χ1v) is 10.2. The maximum absolute atomic E-state index is 12.7. The van der Waals surface area contributed by atoms with Crippen molar-refractivity contribution in [2.45, 2.75) is 19.4 Å². The second-order valence-electron chi connectivity index (χ2n) is 7.51. The highest BCUT2D eigenvalue weighted by Crippen LogP contribution is 2.30. The first kappa shape index (κ1) is 20.3. The summed E-state index contributed by atoms with van der Waals surface area (Å²) in [7, 11) is 0.